The maximum absolute atomic E-state index is 12.1. The number of amides is 1. The van der Waals surface area contributed by atoms with Gasteiger partial charge in [0.05, 0.1) is 11.8 Å². The zero-order valence-electron chi connectivity index (χ0n) is 10.5. The molecule has 0 fully saturated rings. The zero-order chi connectivity index (χ0) is 13.0. The number of nitrogens with zero attached hydrogens (tertiary/aromatic N) is 1. The first-order chi connectivity index (χ1) is 8.66. The summed E-state index contributed by atoms with van der Waals surface area (Å²) in [4.78, 5) is 16.4. The minimum atomic E-state index is -0.117. The Labute approximate surface area is 116 Å². The van der Waals surface area contributed by atoms with Gasteiger partial charge in [-0.3, -0.25) is 9.79 Å². The highest BCUT2D eigenvalue weighted by Crippen LogP contribution is 2.26. The molecule has 1 aromatic carbocycles. The van der Waals surface area contributed by atoms with E-state index in [1.165, 1.54) is 0 Å². The largest absolute Gasteiger partial charge is 0.325 e. The zero-order valence-corrected chi connectivity index (χ0v) is 12.1. The van der Waals surface area contributed by atoms with Crippen LogP contribution in [0.25, 0.3) is 0 Å². The molecule has 1 amide bonds. The number of para-hydroxylation sites is 1. The number of carbonyl (C=O) groups is 1. The molecule has 1 aliphatic heterocycles. The number of thioether (sulfide) groups is 2. The Kier molecular flexibility index (Phi) is 4.72. The van der Waals surface area contributed by atoms with E-state index < -0.39 is 0 Å². The smallest absolute Gasteiger partial charge is 0.237 e. The van der Waals surface area contributed by atoms with Crippen LogP contribution in [0.3, 0.4) is 0 Å². The van der Waals surface area contributed by atoms with Gasteiger partial charge in [0, 0.05) is 11.4 Å². The molecule has 0 radical (unpaired) electrons. The van der Waals surface area contributed by atoms with Crippen molar-refractivity contribution >= 4 is 39.5 Å². The summed E-state index contributed by atoms with van der Waals surface area (Å²) in [5.74, 6) is 1.07. The Morgan fingerprint density at radius 2 is 2.28 bits per heavy atom. The van der Waals surface area contributed by atoms with E-state index in [0.717, 1.165) is 27.9 Å². The molecule has 0 aliphatic carbocycles. The van der Waals surface area contributed by atoms with Gasteiger partial charge in [-0.25, -0.2) is 0 Å². The molecule has 0 bridgehead atoms. The van der Waals surface area contributed by atoms with Crippen molar-refractivity contribution in [1.82, 2.24) is 0 Å². The summed E-state index contributed by atoms with van der Waals surface area (Å²) in [6.45, 7) is 4.78. The van der Waals surface area contributed by atoms with Crippen molar-refractivity contribution in [1.29, 1.82) is 0 Å². The second-order valence-electron chi connectivity index (χ2n) is 4.06. The van der Waals surface area contributed by atoms with Crippen molar-refractivity contribution in [2.75, 3.05) is 17.6 Å². The molecule has 1 heterocycles. The lowest BCUT2D eigenvalue weighted by Crippen LogP contribution is -2.23. The van der Waals surface area contributed by atoms with Crippen molar-refractivity contribution in [3.63, 3.8) is 0 Å². The van der Waals surface area contributed by atoms with Crippen LogP contribution in [0.5, 0.6) is 0 Å². The van der Waals surface area contributed by atoms with Crippen LogP contribution < -0.4 is 5.32 Å². The molecule has 18 heavy (non-hydrogen) atoms. The molecule has 0 aromatic heterocycles. The standard InChI is InChI=1S/C13H16N2OS2/c1-9-5-3-4-6-11(9)15-12(16)10(2)18-13-14-7-8-17-13/h3-6,10H,7-8H2,1-2H3,(H,15,16). The SMILES string of the molecule is Cc1ccccc1NC(=O)C(C)SC1=NCCS1. The predicted octanol–water partition coefficient (Wildman–Crippen LogP) is 3.16. The first-order valence-corrected chi connectivity index (χ1v) is 7.74. The molecule has 0 spiro atoms. The van der Waals surface area contributed by atoms with E-state index in [1.807, 2.05) is 38.1 Å². The number of hydrogen-bond acceptors (Lipinski definition) is 4. The molecular weight excluding hydrogens is 264 g/mol. The van der Waals surface area contributed by atoms with E-state index in [4.69, 9.17) is 0 Å². The first-order valence-electron chi connectivity index (χ1n) is 5.87. The maximum atomic E-state index is 12.1. The summed E-state index contributed by atoms with van der Waals surface area (Å²) in [6.07, 6.45) is 0. The number of nitrogens with one attached hydrogen (secondary N) is 1. The average molecular weight is 280 g/mol. The number of anilines is 1. The molecule has 2 rings (SSSR count). The first kappa shape index (κ1) is 13.5. The van der Waals surface area contributed by atoms with Gasteiger partial charge < -0.3 is 5.32 Å². The van der Waals surface area contributed by atoms with Crippen molar-refractivity contribution in [2.24, 2.45) is 4.99 Å². The number of aryl methyl sites for hydroxylation is 1. The van der Waals surface area contributed by atoms with Crippen LogP contribution in [0.2, 0.25) is 0 Å². The number of aliphatic imine (C=N–C) groups is 1. The van der Waals surface area contributed by atoms with Gasteiger partial charge >= 0.3 is 0 Å². The summed E-state index contributed by atoms with van der Waals surface area (Å²) in [5, 5.41) is 2.84. The van der Waals surface area contributed by atoms with Crippen LogP contribution in [0, 0.1) is 6.92 Å². The van der Waals surface area contributed by atoms with E-state index in [2.05, 4.69) is 10.3 Å². The van der Waals surface area contributed by atoms with Gasteiger partial charge in [0.25, 0.3) is 0 Å². The van der Waals surface area contributed by atoms with E-state index in [9.17, 15) is 4.79 Å². The van der Waals surface area contributed by atoms with Gasteiger partial charge in [-0.05, 0) is 25.5 Å². The predicted molar refractivity (Wildman–Crippen MR) is 81.6 cm³/mol. The Morgan fingerprint density at radius 1 is 1.50 bits per heavy atom. The summed E-state index contributed by atoms with van der Waals surface area (Å²) >= 11 is 3.27. The van der Waals surface area contributed by atoms with Crippen molar-refractivity contribution in [3.05, 3.63) is 29.8 Å². The van der Waals surface area contributed by atoms with Crippen molar-refractivity contribution < 1.29 is 4.79 Å². The third kappa shape index (κ3) is 3.53. The normalized spacial score (nSPS) is 16.2. The van der Waals surface area contributed by atoms with E-state index in [-0.39, 0.29) is 11.2 Å². The lowest BCUT2D eigenvalue weighted by atomic mass is 10.2. The highest BCUT2D eigenvalue weighted by molar-refractivity contribution is 8.39. The van der Waals surface area contributed by atoms with E-state index in [0.29, 0.717) is 0 Å². The highest BCUT2D eigenvalue weighted by Gasteiger charge is 2.19. The highest BCUT2D eigenvalue weighted by atomic mass is 32.2. The van der Waals surface area contributed by atoms with Crippen LogP contribution in [-0.4, -0.2) is 27.8 Å². The molecule has 0 saturated heterocycles. The van der Waals surface area contributed by atoms with Crippen LogP contribution >= 0.6 is 23.5 Å². The fraction of sp³-hybridized carbons (Fsp3) is 0.385. The van der Waals surface area contributed by atoms with E-state index >= 15 is 0 Å². The van der Waals surface area contributed by atoms with Gasteiger partial charge in [-0.2, -0.15) is 0 Å². The lowest BCUT2D eigenvalue weighted by Gasteiger charge is -2.12. The summed E-state index contributed by atoms with van der Waals surface area (Å²) in [7, 11) is 0. The van der Waals surface area contributed by atoms with Gasteiger partial charge in [0.1, 0.15) is 4.38 Å². The quantitative estimate of drug-likeness (QED) is 0.924. The third-order valence-electron chi connectivity index (χ3n) is 2.61. The molecule has 1 N–H and O–H groups in total. The molecule has 96 valence electrons. The van der Waals surface area contributed by atoms with Gasteiger partial charge in [-0.1, -0.05) is 41.7 Å². The molecule has 1 unspecified atom stereocenters. The van der Waals surface area contributed by atoms with Gasteiger partial charge in [0.2, 0.25) is 5.91 Å². The Hall–Kier alpha value is -0.940. The molecule has 5 heteroatoms. The number of rotatable bonds is 3. The minimum Gasteiger partial charge on any atom is -0.325 e. The van der Waals surface area contributed by atoms with Crippen LogP contribution in [0.15, 0.2) is 29.3 Å². The Bertz CT molecular complexity index is 474. The molecule has 1 atom stereocenters. The van der Waals surface area contributed by atoms with Crippen LogP contribution in [0.1, 0.15) is 12.5 Å². The number of hydrogen-bond donors (Lipinski definition) is 1. The molecule has 1 aromatic rings. The van der Waals surface area contributed by atoms with Crippen molar-refractivity contribution in [3.8, 4) is 0 Å². The fourth-order valence-corrected chi connectivity index (χ4v) is 3.67. The monoisotopic (exact) mass is 280 g/mol. The number of benzene rings is 1. The average Bonchev–Trinajstić information content (AvgIpc) is 2.84. The summed E-state index contributed by atoms with van der Waals surface area (Å²) < 4.78 is 1.03. The minimum absolute atomic E-state index is 0.0319. The van der Waals surface area contributed by atoms with Crippen LogP contribution in [0.4, 0.5) is 5.69 Å². The number of carbonyl (C=O) groups excluding carboxylic acids is 1. The second kappa shape index (κ2) is 6.29. The molecule has 1 aliphatic rings. The Morgan fingerprint density at radius 3 is 2.94 bits per heavy atom. The topological polar surface area (TPSA) is 41.5 Å². The van der Waals surface area contributed by atoms with Crippen LogP contribution in [-0.2, 0) is 4.79 Å². The lowest BCUT2D eigenvalue weighted by molar-refractivity contribution is -0.115. The molecule has 0 saturated carbocycles. The molecular formula is C13H16N2OS2. The second-order valence-corrected chi connectivity index (χ2v) is 6.73. The van der Waals surface area contributed by atoms with Gasteiger partial charge in [0.15, 0.2) is 0 Å². The summed E-state index contributed by atoms with van der Waals surface area (Å²) in [5.41, 5.74) is 1.96. The van der Waals surface area contributed by atoms with E-state index in [1.54, 1.807) is 23.5 Å². The maximum Gasteiger partial charge on any atom is 0.237 e. The van der Waals surface area contributed by atoms with Crippen molar-refractivity contribution in [2.45, 2.75) is 19.1 Å². The van der Waals surface area contributed by atoms with Gasteiger partial charge in [-0.15, -0.1) is 0 Å². The molecule has 3 nitrogen and oxygen atoms in total. The fourth-order valence-electron chi connectivity index (χ4n) is 1.54. The third-order valence-corrected chi connectivity index (χ3v) is 4.91. The Balaban J connectivity index is 1.93. The summed E-state index contributed by atoms with van der Waals surface area (Å²) in [6, 6.07) is 7.81.